The first-order valence-corrected chi connectivity index (χ1v) is 8.41. The quantitative estimate of drug-likeness (QED) is 0.489. The fourth-order valence-electron chi connectivity index (χ4n) is 2.92. The Balaban J connectivity index is 1.44. The fourth-order valence-corrected chi connectivity index (χ4v) is 2.92. The van der Waals surface area contributed by atoms with E-state index in [9.17, 15) is 4.39 Å². The lowest BCUT2D eigenvalue weighted by molar-refractivity contribution is 0.432. The molecule has 0 aliphatic carbocycles. The van der Waals surface area contributed by atoms with Crippen LogP contribution in [0, 0.1) is 5.82 Å². The van der Waals surface area contributed by atoms with Crippen LogP contribution in [0.1, 0.15) is 0 Å². The molecule has 5 nitrogen and oxygen atoms in total. The lowest BCUT2D eigenvalue weighted by atomic mass is 10.1. The molecule has 5 aromatic rings. The van der Waals surface area contributed by atoms with Gasteiger partial charge in [0.15, 0.2) is 0 Å². The molecule has 6 heteroatoms. The van der Waals surface area contributed by atoms with E-state index in [1.54, 1.807) is 12.1 Å². The van der Waals surface area contributed by atoms with E-state index in [0.717, 1.165) is 28.0 Å². The number of hydrogen-bond donors (Lipinski definition) is 1. The minimum absolute atomic E-state index is 0.306. The maximum Gasteiger partial charge on any atom is 0.258 e. The monoisotopic (exact) mass is 356 g/mol. The summed E-state index contributed by atoms with van der Waals surface area (Å²) in [5, 5.41) is 4.02. The summed E-state index contributed by atoms with van der Waals surface area (Å²) >= 11 is 0. The van der Waals surface area contributed by atoms with Gasteiger partial charge in [-0.2, -0.15) is 4.98 Å². The fraction of sp³-hybridized carbons (Fsp3) is 0. The van der Waals surface area contributed by atoms with Crippen LogP contribution < -0.4 is 0 Å². The summed E-state index contributed by atoms with van der Waals surface area (Å²) in [6, 6.07) is 21.6. The van der Waals surface area contributed by atoms with Gasteiger partial charge in [0.25, 0.3) is 5.89 Å². The Morgan fingerprint density at radius 2 is 1.44 bits per heavy atom. The number of benzene rings is 3. The summed E-state index contributed by atoms with van der Waals surface area (Å²) in [6.45, 7) is 0. The van der Waals surface area contributed by atoms with Gasteiger partial charge in [0.1, 0.15) is 11.6 Å². The zero-order valence-corrected chi connectivity index (χ0v) is 14.1. The third kappa shape index (κ3) is 2.87. The first-order chi connectivity index (χ1) is 13.3. The zero-order valence-electron chi connectivity index (χ0n) is 14.1. The van der Waals surface area contributed by atoms with Gasteiger partial charge in [-0.1, -0.05) is 41.6 Å². The van der Waals surface area contributed by atoms with E-state index in [1.807, 2.05) is 48.5 Å². The third-order valence-electron chi connectivity index (χ3n) is 4.32. The highest BCUT2D eigenvalue weighted by Crippen LogP contribution is 2.25. The summed E-state index contributed by atoms with van der Waals surface area (Å²) in [6.07, 6.45) is 0. The van der Waals surface area contributed by atoms with Gasteiger partial charge in [0.05, 0.1) is 11.0 Å². The van der Waals surface area contributed by atoms with Crippen LogP contribution in [0.3, 0.4) is 0 Å². The molecule has 27 heavy (non-hydrogen) atoms. The third-order valence-corrected chi connectivity index (χ3v) is 4.32. The van der Waals surface area contributed by atoms with Crippen LogP contribution >= 0.6 is 0 Å². The molecule has 0 saturated carbocycles. The maximum atomic E-state index is 13.0. The Morgan fingerprint density at radius 3 is 2.22 bits per heavy atom. The van der Waals surface area contributed by atoms with E-state index in [2.05, 4.69) is 20.1 Å². The van der Waals surface area contributed by atoms with Gasteiger partial charge in [0.2, 0.25) is 5.82 Å². The average molecular weight is 356 g/mol. The molecule has 0 saturated heterocycles. The molecule has 2 heterocycles. The van der Waals surface area contributed by atoms with Crippen LogP contribution in [0.25, 0.3) is 45.3 Å². The van der Waals surface area contributed by atoms with E-state index >= 15 is 0 Å². The molecule has 0 aliphatic heterocycles. The van der Waals surface area contributed by atoms with Crippen molar-refractivity contribution in [1.82, 2.24) is 20.1 Å². The van der Waals surface area contributed by atoms with Crippen molar-refractivity contribution >= 4 is 11.0 Å². The van der Waals surface area contributed by atoms with Crippen LogP contribution in [0.2, 0.25) is 0 Å². The molecular formula is C21H13FN4O. The molecule has 0 unspecified atom stereocenters. The predicted molar refractivity (Wildman–Crippen MR) is 100 cm³/mol. The van der Waals surface area contributed by atoms with E-state index in [-0.39, 0.29) is 5.82 Å². The Bertz CT molecular complexity index is 1190. The number of imidazole rings is 1. The highest BCUT2D eigenvalue weighted by Gasteiger charge is 2.11. The molecule has 1 N–H and O–H groups in total. The van der Waals surface area contributed by atoms with Gasteiger partial charge < -0.3 is 9.51 Å². The molecule has 0 amide bonds. The van der Waals surface area contributed by atoms with Crippen molar-refractivity contribution in [2.24, 2.45) is 0 Å². The van der Waals surface area contributed by atoms with Crippen molar-refractivity contribution in [1.29, 1.82) is 0 Å². The van der Waals surface area contributed by atoms with Crippen molar-refractivity contribution in [3.8, 4) is 34.2 Å². The second-order valence-electron chi connectivity index (χ2n) is 6.11. The van der Waals surface area contributed by atoms with Crippen LogP contribution in [-0.4, -0.2) is 20.1 Å². The number of rotatable bonds is 3. The van der Waals surface area contributed by atoms with Gasteiger partial charge in [-0.05, 0) is 36.4 Å². The number of nitrogens with one attached hydrogen (secondary N) is 1. The Hall–Kier alpha value is -3.80. The summed E-state index contributed by atoms with van der Waals surface area (Å²) < 4.78 is 18.3. The first-order valence-electron chi connectivity index (χ1n) is 8.41. The lowest BCUT2D eigenvalue weighted by Crippen LogP contribution is -1.84. The number of para-hydroxylation sites is 2. The van der Waals surface area contributed by atoms with Crippen LogP contribution in [0.4, 0.5) is 4.39 Å². The van der Waals surface area contributed by atoms with E-state index in [4.69, 9.17) is 4.52 Å². The SMILES string of the molecule is Fc1ccc(-c2nc(-c3ccc(-c4nc5ccccc5[nH]4)cc3)no2)cc1. The topological polar surface area (TPSA) is 67.6 Å². The largest absolute Gasteiger partial charge is 0.338 e. The normalized spacial score (nSPS) is 11.1. The molecule has 5 rings (SSSR count). The minimum atomic E-state index is -0.306. The molecule has 0 radical (unpaired) electrons. The van der Waals surface area contributed by atoms with E-state index in [1.165, 1.54) is 12.1 Å². The number of aromatic nitrogens is 4. The Kier molecular flexibility index (Phi) is 3.53. The number of nitrogens with zero attached hydrogens (tertiary/aromatic N) is 3. The molecule has 0 fully saturated rings. The van der Waals surface area contributed by atoms with Crippen molar-refractivity contribution in [3.63, 3.8) is 0 Å². The molecule has 0 spiro atoms. The Labute approximate surface area is 153 Å². The van der Waals surface area contributed by atoms with Gasteiger partial charge in [-0.3, -0.25) is 0 Å². The molecular weight excluding hydrogens is 343 g/mol. The van der Waals surface area contributed by atoms with Gasteiger partial charge in [0, 0.05) is 16.7 Å². The van der Waals surface area contributed by atoms with Crippen molar-refractivity contribution in [2.75, 3.05) is 0 Å². The predicted octanol–water partition coefficient (Wildman–Crippen LogP) is 5.09. The molecule has 2 aromatic heterocycles. The van der Waals surface area contributed by atoms with Crippen LogP contribution in [0.15, 0.2) is 77.3 Å². The second kappa shape index (κ2) is 6.17. The second-order valence-corrected chi connectivity index (χ2v) is 6.11. The smallest absolute Gasteiger partial charge is 0.258 e. The zero-order chi connectivity index (χ0) is 18.2. The van der Waals surface area contributed by atoms with Crippen LogP contribution in [0.5, 0.6) is 0 Å². The number of hydrogen-bond acceptors (Lipinski definition) is 4. The highest BCUT2D eigenvalue weighted by atomic mass is 19.1. The van der Waals surface area contributed by atoms with E-state index < -0.39 is 0 Å². The maximum absolute atomic E-state index is 13.0. The van der Waals surface area contributed by atoms with Gasteiger partial charge in [-0.15, -0.1) is 0 Å². The average Bonchev–Trinajstić information content (AvgIpc) is 3.36. The van der Waals surface area contributed by atoms with Crippen molar-refractivity contribution in [3.05, 3.63) is 78.6 Å². The summed E-state index contributed by atoms with van der Waals surface area (Å²) in [7, 11) is 0. The Morgan fingerprint density at radius 1 is 0.741 bits per heavy atom. The molecule has 3 aromatic carbocycles. The molecule has 0 bridgehead atoms. The summed E-state index contributed by atoms with van der Waals surface area (Å²) in [5.41, 5.74) is 4.40. The van der Waals surface area contributed by atoms with Gasteiger partial charge >= 0.3 is 0 Å². The number of H-pyrrole nitrogens is 1. The number of aromatic amines is 1. The number of fused-ring (bicyclic) bond motifs is 1. The summed E-state index contributed by atoms with van der Waals surface area (Å²) in [5.74, 6) is 1.33. The molecule has 130 valence electrons. The van der Waals surface area contributed by atoms with E-state index in [0.29, 0.717) is 17.3 Å². The van der Waals surface area contributed by atoms with Gasteiger partial charge in [-0.25, -0.2) is 9.37 Å². The summed E-state index contributed by atoms with van der Waals surface area (Å²) in [4.78, 5) is 12.3. The standard InChI is InChI=1S/C21H13FN4O/c22-16-11-9-15(10-12-16)21-25-20(26-27-21)14-7-5-13(6-8-14)19-23-17-3-1-2-4-18(17)24-19/h1-12H,(H,23,24). The lowest BCUT2D eigenvalue weighted by Gasteiger charge is -1.98. The van der Waals surface area contributed by atoms with Crippen molar-refractivity contribution in [2.45, 2.75) is 0 Å². The highest BCUT2D eigenvalue weighted by molar-refractivity contribution is 5.79. The molecule has 0 aliphatic rings. The number of halogens is 1. The minimum Gasteiger partial charge on any atom is -0.338 e. The van der Waals surface area contributed by atoms with Crippen molar-refractivity contribution < 1.29 is 8.91 Å². The first kappa shape index (κ1) is 15.5. The van der Waals surface area contributed by atoms with Crippen LogP contribution in [-0.2, 0) is 0 Å². The molecule has 0 atom stereocenters.